The first kappa shape index (κ1) is 84.6. The third kappa shape index (κ3) is 16.1. The second-order valence-electron chi connectivity index (χ2n) is 38.2. The normalized spacial score (nSPS) is 16.9. The third-order valence-corrected chi connectivity index (χ3v) is 29.2. The molecule has 3 aromatic heterocycles. The van der Waals surface area contributed by atoms with Gasteiger partial charge in [0, 0.05) is 67.5 Å². The van der Waals surface area contributed by atoms with Crippen molar-refractivity contribution in [3.8, 4) is 101 Å². The highest BCUT2D eigenvalue weighted by molar-refractivity contribution is 6.18. The van der Waals surface area contributed by atoms with Gasteiger partial charge in [-0.3, -0.25) is 0 Å². The molecule has 7 aliphatic carbocycles. The highest BCUT2D eigenvalue weighted by Crippen LogP contribution is 2.54. The number of nitrogens with zero attached hydrogens (tertiary/aromatic N) is 7. The highest BCUT2D eigenvalue weighted by Gasteiger charge is 2.38. The zero-order valence-corrected chi connectivity index (χ0v) is 77.9. The Labute approximate surface area is 808 Å². The van der Waals surface area contributed by atoms with Crippen LogP contribution in [0.15, 0.2) is 447 Å². The predicted octanol–water partition coefficient (Wildman–Crippen LogP) is 33.8. The Morgan fingerprint density at radius 3 is 1.60 bits per heavy atom. The average Bonchev–Trinajstić information content (AvgIpc) is 1.55. The average molecular weight is 1780 g/mol. The zero-order valence-electron chi connectivity index (χ0n) is 77.9. The lowest BCUT2D eigenvalue weighted by molar-refractivity contribution is 0.659. The van der Waals surface area contributed by atoms with E-state index in [0.717, 1.165) is 159 Å². The molecule has 3 atom stereocenters. The fourth-order valence-corrected chi connectivity index (χ4v) is 22.0. The van der Waals surface area contributed by atoms with Crippen molar-refractivity contribution in [2.45, 2.75) is 102 Å². The van der Waals surface area contributed by atoms with Gasteiger partial charge in [0.25, 0.3) is 0 Å². The lowest BCUT2D eigenvalue weighted by Gasteiger charge is -2.26. The molecule has 662 valence electrons. The van der Waals surface area contributed by atoms with Crippen molar-refractivity contribution in [3.05, 3.63) is 504 Å². The molecule has 0 bridgehead atoms. The number of aliphatic imine (C=N–C) groups is 2. The maximum absolute atomic E-state index is 5.57. The second kappa shape index (κ2) is 36.1. The quantitative estimate of drug-likeness (QED) is 0.0598. The Morgan fingerprint density at radius 2 is 0.935 bits per heavy atom. The van der Waals surface area contributed by atoms with Crippen molar-refractivity contribution in [1.29, 1.82) is 0 Å². The second-order valence-corrected chi connectivity index (χ2v) is 38.2. The molecule has 24 rings (SSSR count). The van der Waals surface area contributed by atoms with Crippen LogP contribution in [0.2, 0.25) is 0 Å². The van der Waals surface area contributed by atoms with Crippen LogP contribution in [0.4, 0.5) is 0 Å². The molecule has 7 nitrogen and oxygen atoms in total. The molecule has 2 unspecified atom stereocenters. The summed E-state index contributed by atoms with van der Waals surface area (Å²) in [4.78, 5) is 27.4. The number of allylic oxidation sites excluding steroid dienone is 21. The summed E-state index contributed by atoms with van der Waals surface area (Å²) in [6.07, 6.45) is 50.1. The minimum Gasteiger partial charge on any atom is -0.310 e. The van der Waals surface area contributed by atoms with E-state index in [4.69, 9.17) is 24.9 Å². The third-order valence-electron chi connectivity index (χ3n) is 29.2. The minimum atomic E-state index is -0.397. The Hall–Kier alpha value is -16.4. The molecule has 0 aliphatic heterocycles. The van der Waals surface area contributed by atoms with Gasteiger partial charge in [0.1, 0.15) is 5.82 Å². The van der Waals surface area contributed by atoms with Crippen molar-refractivity contribution in [3.63, 3.8) is 0 Å². The summed E-state index contributed by atoms with van der Waals surface area (Å²) in [6, 6.07) is 119. The standard InChI is InChI=1S/C131H103N7/c1-85(87-35-13-5-14-36-87)132-128(133-86(2)95-51-29-52-96(71-95)109-77-105(90-41-19-8-20-42-90)75-106(78-109)91-43-21-9-22-44-91)103-57-31-54-100(73-103)113-59-33-61-123-125(113)117-81-98(88-37-15-6-16-38-88)63-69-121(117)137(123)111-65-67-115-116-68-66-112(84-120(116)131(3,4)119(115)83-111)138-122-70-64-99(89-39-17-7-18-40-89)82-118(122)126-114(60-34-62-124(126)138)101-55-32-58-104(74-101)130-135-127(94-49-27-12-28-50-94)134-129(136-130)102-56-30-53-97(72-102)110-79-107(92-45-23-10-24-46-92)76-108(80-110)93-47-25-11-26-48-93/h5-8,10,12-21,23-25,27,29-37,39-49,51-57,59,61-84,88,104,114H,1,9,11,22,26,28,38,50,58,60H2,2-4H3/b132-128-,133-86+/t88-,104?,114?/m1/s1. The number of benzene rings is 14. The van der Waals surface area contributed by atoms with E-state index in [2.05, 4.69) is 449 Å². The van der Waals surface area contributed by atoms with E-state index < -0.39 is 5.41 Å². The van der Waals surface area contributed by atoms with Gasteiger partial charge in [-0.05, 0) is 325 Å². The van der Waals surface area contributed by atoms with Crippen molar-refractivity contribution < 1.29 is 0 Å². The number of fused-ring (bicyclic) bond motifs is 9. The summed E-state index contributed by atoms with van der Waals surface area (Å²) in [6.45, 7) is 11.6. The number of amidine groups is 1. The molecule has 0 spiro atoms. The molecule has 17 aromatic rings. The first-order valence-electron chi connectivity index (χ1n) is 48.9. The Morgan fingerprint density at radius 1 is 0.377 bits per heavy atom. The Kier molecular flexibility index (Phi) is 22.2. The fraction of sp³-hybridized carbons (Fsp3) is 0.122. The van der Waals surface area contributed by atoms with Crippen LogP contribution < -0.4 is 0 Å². The van der Waals surface area contributed by atoms with E-state index in [0.29, 0.717) is 17.4 Å². The minimum absolute atomic E-state index is 0.0399. The van der Waals surface area contributed by atoms with E-state index in [1.54, 1.807) is 0 Å². The number of rotatable bonds is 19. The summed E-state index contributed by atoms with van der Waals surface area (Å²) in [5, 5.41) is 3.64. The van der Waals surface area contributed by atoms with Gasteiger partial charge in [-0.15, -0.1) is 0 Å². The summed E-state index contributed by atoms with van der Waals surface area (Å²) in [7, 11) is 0. The maximum Gasteiger partial charge on any atom is 0.163 e. The lowest BCUT2D eigenvalue weighted by atomic mass is 9.79. The van der Waals surface area contributed by atoms with Crippen LogP contribution in [0.1, 0.15) is 164 Å². The summed E-state index contributed by atoms with van der Waals surface area (Å²) in [5.41, 5.74) is 40.7. The SMILES string of the molecule is C=C(/N=C(\N=C(/C)c1cccc(-c2cc(C3=CCCC=C3)cc(-c3ccccc3)c2)c1)c1cccc(-c2cccc3c2c2cc([C@@H]4C=CC=CC4)ccc2n3-c2ccc3c(c2)C(C)(C)c2cc(-n4c5c(c6cc(-c7ccccc7)ccc64)C(C4=CC(c6nc(C7=CC=CCC7)nc(-c7cccc(-c8cc(C9=CCCC=C9)cc(-c9ccccc9)c8)c7)n6)CC=C4)CC=C5)ccc2-3)c1)c1ccccc1. The first-order valence-corrected chi connectivity index (χ1v) is 48.9. The molecule has 3 heterocycles. The van der Waals surface area contributed by atoms with Crippen LogP contribution in [0.25, 0.3) is 162 Å². The maximum atomic E-state index is 5.57. The molecule has 14 aromatic carbocycles. The van der Waals surface area contributed by atoms with E-state index >= 15 is 0 Å². The smallest absolute Gasteiger partial charge is 0.163 e. The molecular formula is C131H103N7. The topological polar surface area (TPSA) is 73.2 Å². The molecule has 7 heteroatoms. The van der Waals surface area contributed by atoms with Gasteiger partial charge in [0.15, 0.2) is 17.5 Å². The highest BCUT2D eigenvalue weighted by atomic mass is 15.0. The Balaban J connectivity index is 0.580. The van der Waals surface area contributed by atoms with Crippen molar-refractivity contribution >= 4 is 72.7 Å². The van der Waals surface area contributed by atoms with E-state index in [1.807, 2.05) is 18.2 Å². The number of hydrogen-bond donors (Lipinski definition) is 0. The molecule has 0 saturated carbocycles. The van der Waals surface area contributed by atoms with Crippen LogP contribution in [-0.2, 0) is 5.41 Å². The number of aromatic nitrogens is 5. The molecule has 7 aliphatic rings. The van der Waals surface area contributed by atoms with E-state index in [-0.39, 0.29) is 17.8 Å². The van der Waals surface area contributed by atoms with Gasteiger partial charge in [-0.25, -0.2) is 24.9 Å². The fourth-order valence-electron chi connectivity index (χ4n) is 22.0. The molecule has 0 radical (unpaired) electrons. The number of hydrogen-bond acceptors (Lipinski definition) is 4. The molecule has 138 heavy (non-hydrogen) atoms. The van der Waals surface area contributed by atoms with Crippen molar-refractivity contribution in [2.24, 2.45) is 9.98 Å². The van der Waals surface area contributed by atoms with Crippen LogP contribution in [0.3, 0.4) is 0 Å². The molecule has 0 fully saturated rings. The van der Waals surface area contributed by atoms with Gasteiger partial charge in [0.2, 0.25) is 0 Å². The summed E-state index contributed by atoms with van der Waals surface area (Å²) in [5.74, 6) is 2.99. The van der Waals surface area contributed by atoms with Crippen LogP contribution >= 0.6 is 0 Å². The largest absolute Gasteiger partial charge is 0.310 e. The van der Waals surface area contributed by atoms with Crippen molar-refractivity contribution in [2.75, 3.05) is 0 Å². The predicted molar refractivity (Wildman–Crippen MR) is 579 cm³/mol. The Bertz CT molecular complexity index is 8260. The van der Waals surface area contributed by atoms with E-state index in [9.17, 15) is 0 Å². The van der Waals surface area contributed by atoms with Crippen LogP contribution in [0.5, 0.6) is 0 Å². The lowest BCUT2D eigenvalue weighted by Crippen LogP contribution is -2.16. The molecule has 0 N–H and O–H groups in total. The van der Waals surface area contributed by atoms with Gasteiger partial charge < -0.3 is 9.13 Å². The molecule has 0 saturated heterocycles. The zero-order chi connectivity index (χ0) is 92.3. The first-order chi connectivity index (χ1) is 67.9. The van der Waals surface area contributed by atoms with Gasteiger partial charge >= 0.3 is 0 Å². The molecular weight excluding hydrogens is 1670 g/mol. The van der Waals surface area contributed by atoms with Crippen molar-refractivity contribution in [1.82, 2.24) is 24.1 Å². The van der Waals surface area contributed by atoms with E-state index in [1.165, 1.54) is 122 Å². The summed E-state index contributed by atoms with van der Waals surface area (Å²) < 4.78 is 5.08. The molecule has 0 amide bonds. The monoisotopic (exact) mass is 1770 g/mol. The van der Waals surface area contributed by atoms with Crippen LogP contribution in [0, 0.1) is 0 Å². The van der Waals surface area contributed by atoms with Gasteiger partial charge in [-0.2, -0.15) is 0 Å². The van der Waals surface area contributed by atoms with Gasteiger partial charge in [-0.1, -0.05) is 336 Å². The summed E-state index contributed by atoms with van der Waals surface area (Å²) >= 11 is 0. The van der Waals surface area contributed by atoms with Crippen LogP contribution in [-0.4, -0.2) is 35.6 Å². The van der Waals surface area contributed by atoms with Gasteiger partial charge in [0.05, 0.1) is 27.9 Å².